The maximum atomic E-state index is 8.58. The Morgan fingerprint density at radius 1 is 1.69 bits per heavy atom. The average Bonchev–Trinajstić information content (AvgIpc) is 2.75. The van der Waals surface area contributed by atoms with Gasteiger partial charge < -0.3 is 5.32 Å². The highest BCUT2D eigenvalue weighted by Crippen LogP contribution is 2.29. The third-order valence-corrected chi connectivity index (χ3v) is 3.91. The molecule has 0 amide bonds. The van der Waals surface area contributed by atoms with Crippen LogP contribution in [0.25, 0.3) is 5.57 Å². The number of rotatable bonds is 3. The SMILES string of the molecule is CC1NCCC=C1c1nsnc1SCC#N. The van der Waals surface area contributed by atoms with Crippen molar-refractivity contribution in [2.45, 2.75) is 24.4 Å². The van der Waals surface area contributed by atoms with E-state index in [1.165, 1.54) is 29.1 Å². The van der Waals surface area contributed by atoms with Gasteiger partial charge in [-0.15, -0.1) is 0 Å². The Balaban J connectivity index is 2.23. The first-order chi connectivity index (χ1) is 7.83. The molecule has 0 bridgehead atoms. The molecule has 0 spiro atoms. The molecule has 1 N–H and O–H groups in total. The number of thioether (sulfide) groups is 1. The summed E-state index contributed by atoms with van der Waals surface area (Å²) in [6.07, 6.45) is 3.24. The van der Waals surface area contributed by atoms with Crippen molar-refractivity contribution in [2.24, 2.45) is 0 Å². The van der Waals surface area contributed by atoms with Crippen LogP contribution < -0.4 is 5.32 Å². The third kappa shape index (κ3) is 2.43. The zero-order valence-electron chi connectivity index (χ0n) is 8.93. The Hall–Kier alpha value is -0.900. The van der Waals surface area contributed by atoms with Crippen molar-refractivity contribution in [1.82, 2.24) is 14.1 Å². The second-order valence-electron chi connectivity index (χ2n) is 3.49. The van der Waals surface area contributed by atoms with Crippen LogP contribution >= 0.6 is 23.5 Å². The van der Waals surface area contributed by atoms with E-state index in [0.717, 1.165) is 23.7 Å². The average molecular weight is 252 g/mol. The molecule has 1 unspecified atom stereocenters. The molecular formula is C10H12N4S2. The number of nitrogens with one attached hydrogen (secondary N) is 1. The van der Waals surface area contributed by atoms with Crippen LogP contribution in [0.15, 0.2) is 11.1 Å². The first kappa shape index (κ1) is 11.6. The molecule has 16 heavy (non-hydrogen) atoms. The molecular weight excluding hydrogens is 240 g/mol. The Kier molecular flexibility index (Phi) is 3.93. The number of nitriles is 1. The summed E-state index contributed by atoms with van der Waals surface area (Å²) in [6.45, 7) is 3.14. The molecule has 1 aromatic rings. The molecule has 1 atom stereocenters. The van der Waals surface area contributed by atoms with E-state index in [1.54, 1.807) is 0 Å². The number of nitrogens with zero attached hydrogens (tertiary/aromatic N) is 3. The van der Waals surface area contributed by atoms with Crippen LogP contribution in [0.3, 0.4) is 0 Å². The van der Waals surface area contributed by atoms with Crippen molar-refractivity contribution >= 4 is 29.1 Å². The van der Waals surface area contributed by atoms with E-state index >= 15 is 0 Å². The van der Waals surface area contributed by atoms with Crippen molar-refractivity contribution < 1.29 is 0 Å². The lowest BCUT2D eigenvalue weighted by atomic mass is 10.0. The normalized spacial score (nSPS) is 20.2. The van der Waals surface area contributed by atoms with E-state index in [9.17, 15) is 0 Å². The first-order valence-electron chi connectivity index (χ1n) is 5.09. The fraction of sp³-hybridized carbons (Fsp3) is 0.500. The van der Waals surface area contributed by atoms with E-state index in [1.807, 2.05) is 0 Å². The summed E-state index contributed by atoms with van der Waals surface area (Å²) < 4.78 is 8.57. The number of hydrogen-bond donors (Lipinski definition) is 1. The van der Waals surface area contributed by atoms with Gasteiger partial charge in [-0.3, -0.25) is 0 Å². The second-order valence-corrected chi connectivity index (χ2v) is 4.98. The molecule has 0 saturated heterocycles. The molecule has 6 heteroatoms. The molecule has 0 radical (unpaired) electrons. The molecule has 0 aliphatic carbocycles. The van der Waals surface area contributed by atoms with Crippen LogP contribution in [0.2, 0.25) is 0 Å². The molecule has 84 valence electrons. The lowest BCUT2D eigenvalue weighted by Crippen LogP contribution is -2.31. The zero-order valence-corrected chi connectivity index (χ0v) is 10.6. The molecule has 2 heterocycles. The summed E-state index contributed by atoms with van der Waals surface area (Å²) in [5.74, 6) is 0.424. The Morgan fingerprint density at radius 3 is 3.31 bits per heavy atom. The molecule has 1 aliphatic rings. The van der Waals surface area contributed by atoms with Gasteiger partial charge in [0.05, 0.1) is 23.6 Å². The maximum Gasteiger partial charge on any atom is 0.139 e. The highest BCUT2D eigenvalue weighted by Gasteiger charge is 2.20. The highest BCUT2D eigenvalue weighted by molar-refractivity contribution is 7.99. The standard InChI is InChI=1S/C10H12N4S2/c1-7-8(3-2-5-12-7)9-10(14-16-13-9)15-6-4-11/h3,7,12H,2,5-6H2,1H3. The smallest absolute Gasteiger partial charge is 0.139 e. The summed E-state index contributed by atoms with van der Waals surface area (Å²) in [5, 5.41) is 12.9. The first-order valence-corrected chi connectivity index (χ1v) is 6.80. The van der Waals surface area contributed by atoms with Crippen molar-refractivity contribution in [2.75, 3.05) is 12.3 Å². The van der Waals surface area contributed by atoms with Crippen LogP contribution in [0.1, 0.15) is 19.0 Å². The summed E-state index contributed by atoms with van der Waals surface area (Å²) in [7, 11) is 0. The van der Waals surface area contributed by atoms with Gasteiger partial charge in [-0.2, -0.15) is 14.0 Å². The van der Waals surface area contributed by atoms with Gasteiger partial charge in [0.25, 0.3) is 0 Å². The van der Waals surface area contributed by atoms with Crippen molar-refractivity contribution in [3.63, 3.8) is 0 Å². The van der Waals surface area contributed by atoms with E-state index in [0.29, 0.717) is 11.8 Å². The molecule has 0 saturated carbocycles. The van der Waals surface area contributed by atoms with Gasteiger partial charge in [0.1, 0.15) is 10.7 Å². The van der Waals surface area contributed by atoms with E-state index < -0.39 is 0 Å². The molecule has 0 fully saturated rings. The van der Waals surface area contributed by atoms with Gasteiger partial charge in [0.15, 0.2) is 0 Å². The van der Waals surface area contributed by atoms with E-state index in [-0.39, 0.29) is 0 Å². The second kappa shape index (κ2) is 5.43. The minimum atomic E-state index is 0.319. The van der Waals surface area contributed by atoms with Gasteiger partial charge >= 0.3 is 0 Å². The summed E-state index contributed by atoms with van der Waals surface area (Å²) in [6, 6.07) is 2.43. The Labute approximate surface area is 103 Å². The Morgan fingerprint density at radius 2 is 2.56 bits per heavy atom. The number of aromatic nitrogens is 2. The van der Waals surface area contributed by atoms with Crippen LogP contribution in [-0.4, -0.2) is 27.1 Å². The number of hydrogen-bond acceptors (Lipinski definition) is 6. The fourth-order valence-corrected chi connectivity index (χ4v) is 3.01. The lowest BCUT2D eigenvalue weighted by Gasteiger charge is -2.21. The Bertz CT molecular complexity index is 432. The van der Waals surface area contributed by atoms with Crippen molar-refractivity contribution in [3.8, 4) is 6.07 Å². The topological polar surface area (TPSA) is 61.6 Å². The molecule has 4 nitrogen and oxygen atoms in total. The minimum absolute atomic E-state index is 0.319. The monoisotopic (exact) mass is 252 g/mol. The van der Waals surface area contributed by atoms with Crippen molar-refractivity contribution in [1.29, 1.82) is 5.26 Å². The predicted molar refractivity (Wildman–Crippen MR) is 66.3 cm³/mol. The summed E-state index contributed by atoms with van der Waals surface area (Å²) in [4.78, 5) is 0. The summed E-state index contributed by atoms with van der Waals surface area (Å²) in [5.41, 5.74) is 2.16. The quantitative estimate of drug-likeness (QED) is 0.833. The maximum absolute atomic E-state index is 8.58. The van der Waals surface area contributed by atoms with Gasteiger partial charge in [-0.1, -0.05) is 17.8 Å². The lowest BCUT2D eigenvalue weighted by molar-refractivity contribution is 0.625. The molecule has 1 aromatic heterocycles. The fourth-order valence-electron chi connectivity index (χ4n) is 1.67. The van der Waals surface area contributed by atoms with E-state index in [4.69, 9.17) is 5.26 Å². The summed E-state index contributed by atoms with van der Waals surface area (Å²) >= 11 is 2.67. The van der Waals surface area contributed by atoms with Crippen LogP contribution in [0.4, 0.5) is 0 Å². The van der Waals surface area contributed by atoms with Crippen molar-refractivity contribution in [3.05, 3.63) is 11.8 Å². The van der Waals surface area contributed by atoms with Crippen LogP contribution in [0.5, 0.6) is 0 Å². The zero-order chi connectivity index (χ0) is 11.4. The van der Waals surface area contributed by atoms with Gasteiger partial charge in [-0.05, 0) is 25.5 Å². The largest absolute Gasteiger partial charge is 0.310 e. The van der Waals surface area contributed by atoms with E-state index in [2.05, 4.69) is 33.1 Å². The molecule has 2 rings (SSSR count). The van der Waals surface area contributed by atoms with Gasteiger partial charge in [0.2, 0.25) is 0 Å². The predicted octanol–water partition coefficient (Wildman–Crippen LogP) is 1.92. The van der Waals surface area contributed by atoms with Gasteiger partial charge in [0, 0.05) is 6.04 Å². The molecule has 0 aromatic carbocycles. The van der Waals surface area contributed by atoms with Gasteiger partial charge in [-0.25, -0.2) is 0 Å². The van der Waals surface area contributed by atoms with Crippen LogP contribution in [-0.2, 0) is 0 Å². The third-order valence-electron chi connectivity index (χ3n) is 2.43. The van der Waals surface area contributed by atoms with Crippen LogP contribution in [0, 0.1) is 11.3 Å². The highest BCUT2D eigenvalue weighted by atomic mass is 32.2. The minimum Gasteiger partial charge on any atom is -0.310 e. The molecule has 1 aliphatic heterocycles.